The van der Waals surface area contributed by atoms with Gasteiger partial charge in [-0.15, -0.1) is 6.42 Å². The van der Waals surface area contributed by atoms with Crippen molar-refractivity contribution in [3.05, 3.63) is 34.9 Å². The quantitative estimate of drug-likeness (QED) is 0.411. The highest BCUT2D eigenvalue weighted by atomic mass is 35.5. The van der Waals surface area contributed by atoms with E-state index in [9.17, 15) is 0 Å². The molecule has 1 aromatic rings. The van der Waals surface area contributed by atoms with Gasteiger partial charge in [0.1, 0.15) is 6.04 Å². The van der Waals surface area contributed by atoms with Crippen LogP contribution in [0.15, 0.2) is 24.3 Å². The van der Waals surface area contributed by atoms with Crippen LogP contribution >= 0.6 is 11.6 Å². The van der Waals surface area contributed by atoms with Crippen molar-refractivity contribution >= 4 is 11.6 Å². The lowest BCUT2D eigenvalue weighted by Crippen LogP contribution is -2.26. The monoisotopic (exact) mass is 180 g/mol. The lowest BCUT2D eigenvalue weighted by Gasteiger charge is -2.10. The summed E-state index contributed by atoms with van der Waals surface area (Å²) >= 11 is 5.89. The number of benzene rings is 1. The zero-order valence-corrected chi connectivity index (χ0v) is 7.18. The fourth-order valence-electron chi connectivity index (χ4n) is 0.937. The van der Waals surface area contributed by atoms with Gasteiger partial charge in [-0.3, -0.25) is 5.84 Å². The zero-order valence-electron chi connectivity index (χ0n) is 6.42. The third-order valence-corrected chi connectivity index (χ3v) is 1.89. The number of hydrazine groups is 1. The van der Waals surface area contributed by atoms with Crippen LogP contribution in [0.2, 0.25) is 5.02 Å². The van der Waals surface area contributed by atoms with Crippen LogP contribution in [-0.4, -0.2) is 0 Å². The van der Waals surface area contributed by atoms with Gasteiger partial charge in [-0.1, -0.05) is 35.7 Å². The zero-order chi connectivity index (χ0) is 8.97. The Hall–Kier alpha value is -1.01. The van der Waals surface area contributed by atoms with Gasteiger partial charge >= 0.3 is 0 Å². The lowest BCUT2D eigenvalue weighted by atomic mass is 10.1. The summed E-state index contributed by atoms with van der Waals surface area (Å²) in [6, 6.07) is 7.00. The molecule has 1 unspecified atom stereocenters. The highest BCUT2D eigenvalue weighted by Gasteiger charge is 2.08. The van der Waals surface area contributed by atoms with Crippen molar-refractivity contribution in [2.75, 3.05) is 0 Å². The van der Waals surface area contributed by atoms with E-state index >= 15 is 0 Å². The molecule has 0 aromatic heterocycles. The summed E-state index contributed by atoms with van der Waals surface area (Å²) in [5.41, 5.74) is 3.31. The molecule has 1 rings (SSSR count). The third kappa shape index (κ3) is 1.77. The van der Waals surface area contributed by atoms with Crippen LogP contribution in [0.25, 0.3) is 0 Å². The topological polar surface area (TPSA) is 38.0 Å². The van der Waals surface area contributed by atoms with Crippen molar-refractivity contribution in [3.63, 3.8) is 0 Å². The Bertz CT molecular complexity index is 304. The van der Waals surface area contributed by atoms with Crippen molar-refractivity contribution in [1.82, 2.24) is 5.43 Å². The molecule has 1 atom stereocenters. The Labute approximate surface area is 76.7 Å². The van der Waals surface area contributed by atoms with Gasteiger partial charge in [0.2, 0.25) is 0 Å². The maximum absolute atomic E-state index is 5.89. The first-order valence-electron chi connectivity index (χ1n) is 3.46. The van der Waals surface area contributed by atoms with Gasteiger partial charge < -0.3 is 0 Å². The van der Waals surface area contributed by atoms with E-state index in [0.717, 1.165) is 5.56 Å². The van der Waals surface area contributed by atoms with E-state index in [2.05, 4.69) is 11.3 Å². The van der Waals surface area contributed by atoms with Crippen molar-refractivity contribution in [1.29, 1.82) is 0 Å². The molecule has 0 aliphatic rings. The fraction of sp³-hybridized carbons (Fsp3) is 0.111. The predicted octanol–water partition coefficient (Wildman–Crippen LogP) is 1.48. The summed E-state index contributed by atoms with van der Waals surface area (Å²) in [5, 5.41) is 0.624. The second kappa shape index (κ2) is 4.13. The van der Waals surface area contributed by atoms with E-state index in [-0.39, 0.29) is 6.04 Å². The Morgan fingerprint density at radius 1 is 1.50 bits per heavy atom. The molecule has 0 saturated heterocycles. The van der Waals surface area contributed by atoms with E-state index in [4.69, 9.17) is 23.9 Å². The average molecular weight is 181 g/mol. The Morgan fingerprint density at radius 3 is 2.67 bits per heavy atom. The molecule has 0 fully saturated rings. The van der Waals surface area contributed by atoms with E-state index < -0.39 is 0 Å². The number of hydrogen-bond acceptors (Lipinski definition) is 2. The molecule has 1 aromatic carbocycles. The fourth-order valence-corrected chi connectivity index (χ4v) is 1.18. The highest BCUT2D eigenvalue weighted by molar-refractivity contribution is 6.31. The number of nitrogens with one attached hydrogen (secondary N) is 1. The molecular formula is C9H9ClN2. The second-order valence-corrected chi connectivity index (χ2v) is 2.70. The van der Waals surface area contributed by atoms with Gasteiger partial charge in [-0.05, 0) is 6.07 Å². The molecule has 0 aliphatic carbocycles. The summed E-state index contributed by atoms with van der Waals surface area (Å²) < 4.78 is 0. The minimum absolute atomic E-state index is 0.321. The van der Waals surface area contributed by atoms with E-state index in [1.165, 1.54) is 0 Å². The highest BCUT2D eigenvalue weighted by Crippen LogP contribution is 2.20. The molecule has 12 heavy (non-hydrogen) atoms. The molecule has 0 heterocycles. The van der Waals surface area contributed by atoms with Crippen LogP contribution in [0.5, 0.6) is 0 Å². The molecule has 0 amide bonds. The molecule has 3 N–H and O–H groups in total. The molecule has 0 spiro atoms. The van der Waals surface area contributed by atoms with E-state index in [1.807, 2.05) is 18.2 Å². The normalized spacial score (nSPS) is 12.1. The number of hydrogen-bond donors (Lipinski definition) is 2. The van der Waals surface area contributed by atoms with Crippen LogP contribution < -0.4 is 11.3 Å². The lowest BCUT2D eigenvalue weighted by molar-refractivity contribution is 0.674. The smallest absolute Gasteiger partial charge is 0.108 e. The maximum Gasteiger partial charge on any atom is 0.108 e. The van der Waals surface area contributed by atoms with Crippen molar-refractivity contribution < 1.29 is 0 Å². The Morgan fingerprint density at radius 2 is 2.17 bits per heavy atom. The summed E-state index contributed by atoms with van der Waals surface area (Å²) in [4.78, 5) is 0. The Balaban J connectivity index is 3.02. The molecule has 0 aliphatic heterocycles. The molecule has 0 saturated carbocycles. The first-order chi connectivity index (χ1) is 5.79. The summed E-state index contributed by atoms with van der Waals surface area (Å²) in [6.07, 6.45) is 5.23. The number of terminal acetylenes is 1. The number of nitrogens with two attached hydrogens (primary N) is 1. The molecule has 62 valence electrons. The maximum atomic E-state index is 5.89. The van der Waals surface area contributed by atoms with Gasteiger partial charge in [-0.2, -0.15) is 0 Å². The van der Waals surface area contributed by atoms with Gasteiger partial charge in [0.25, 0.3) is 0 Å². The first-order valence-corrected chi connectivity index (χ1v) is 3.84. The molecule has 2 nitrogen and oxygen atoms in total. The summed E-state index contributed by atoms with van der Waals surface area (Å²) in [5.74, 6) is 7.72. The first kappa shape index (κ1) is 9.08. The largest absolute Gasteiger partial charge is 0.270 e. The predicted molar refractivity (Wildman–Crippen MR) is 50.3 cm³/mol. The summed E-state index contributed by atoms with van der Waals surface area (Å²) in [6.45, 7) is 0. The van der Waals surface area contributed by atoms with Crippen molar-refractivity contribution in [3.8, 4) is 12.3 Å². The SMILES string of the molecule is C#CC(NN)c1ccccc1Cl. The van der Waals surface area contributed by atoms with Gasteiger partial charge in [-0.25, -0.2) is 5.43 Å². The standard InChI is InChI=1S/C9H9ClN2/c1-2-9(12-11)7-5-3-4-6-8(7)10/h1,3-6,9,12H,11H2. The minimum Gasteiger partial charge on any atom is -0.270 e. The van der Waals surface area contributed by atoms with Gasteiger partial charge in [0.15, 0.2) is 0 Å². The van der Waals surface area contributed by atoms with Crippen LogP contribution in [0.1, 0.15) is 11.6 Å². The Kier molecular flexibility index (Phi) is 3.12. The van der Waals surface area contributed by atoms with Crippen molar-refractivity contribution in [2.24, 2.45) is 5.84 Å². The third-order valence-electron chi connectivity index (χ3n) is 1.55. The minimum atomic E-state index is -0.321. The van der Waals surface area contributed by atoms with E-state index in [0.29, 0.717) is 5.02 Å². The number of rotatable bonds is 2. The molecule has 0 radical (unpaired) electrons. The van der Waals surface area contributed by atoms with Gasteiger partial charge in [0, 0.05) is 10.6 Å². The van der Waals surface area contributed by atoms with Crippen LogP contribution in [0.4, 0.5) is 0 Å². The molecular weight excluding hydrogens is 172 g/mol. The van der Waals surface area contributed by atoms with Crippen LogP contribution in [-0.2, 0) is 0 Å². The average Bonchev–Trinajstić information content (AvgIpc) is 2.10. The van der Waals surface area contributed by atoms with E-state index in [1.54, 1.807) is 6.07 Å². The molecule has 0 bridgehead atoms. The molecule has 3 heteroatoms. The number of halogens is 1. The van der Waals surface area contributed by atoms with Crippen molar-refractivity contribution in [2.45, 2.75) is 6.04 Å². The van der Waals surface area contributed by atoms with Crippen LogP contribution in [0, 0.1) is 12.3 Å². The van der Waals surface area contributed by atoms with Gasteiger partial charge in [0.05, 0.1) is 0 Å². The van der Waals surface area contributed by atoms with Crippen LogP contribution in [0.3, 0.4) is 0 Å². The second-order valence-electron chi connectivity index (χ2n) is 2.29. The summed E-state index contributed by atoms with van der Waals surface area (Å²) in [7, 11) is 0.